The highest BCUT2D eigenvalue weighted by atomic mass is 19.4. The van der Waals surface area contributed by atoms with E-state index >= 15 is 0 Å². The highest BCUT2D eigenvalue weighted by Crippen LogP contribution is 2.29. The van der Waals surface area contributed by atoms with Gasteiger partial charge >= 0.3 is 6.18 Å². The largest absolute Gasteiger partial charge is 0.433 e. The van der Waals surface area contributed by atoms with E-state index in [9.17, 15) is 13.2 Å². The van der Waals surface area contributed by atoms with Gasteiger partial charge in [0.15, 0.2) is 0 Å². The molecular formula is C16H15F3N6. The van der Waals surface area contributed by atoms with E-state index in [1.165, 1.54) is 0 Å². The lowest BCUT2D eigenvalue weighted by molar-refractivity contribution is -0.141. The number of aromatic nitrogens is 3. The molecule has 25 heavy (non-hydrogen) atoms. The van der Waals surface area contributed by atoms with Crippen LogP contribution in [-0.2, 0) is 6.18 Å². The number of hydrogen-bond donors (Lipinski definition) is 1. The van der Waals surface area contributed by atoms with Crippen LogP contribution in [0.5, 0.6) is 0 Å². The first-order chi connectivity index (χ1) is 12.0. The summed E-state index contributed by atoms with van der Waals surface area (Å²) in [7, 11) is 0. The Balaban J connectivity index is 1.62. The summed E-state index contributed by atoms with van der Waals surface area (Å²) in [6.45, 7) is 1.70. The molecule has 0 aromatic carbocycles. The summed E-state index contributed by atoms with van der Waals surface area (Å²) in [6, 6.07) is 6.29. The quantitative estimate of drug-likeness (QED) is 0.915. The van der Waals surface area contributed by atoms with Crippen LogP contribution < -0.4 is 10.2 Å². The summed E-state index contributed by atoms with van der Waals surface area (Å²) in [5.74, 6) is 0.804. The third-order valence-electron chi connectivity index (χ3n) is 3.99. The van der Waals surface area contributed by atoms with Crippen molar-refractivity contribution in [1.82, 2.24) is 15.0 Å². The number of nitrogens with zero attached hydrogens (tertiary/aromatic N) is 5. The average molecular weight is 348 g/mol. The molecule has 9 heteroatoms. The molecule has 130 valence electrons. The highest BCUT2D eigenvalue weighted by molar-refractivity contribution is 5.51. The molecule has 0 radical (unpaired) electrons. The first-order valence-electron chi connectivity index (χ1n) is 7.71. The van der Waals surface area contributed by atoms with Crippen molar-refractivity contribution in [3.05, 3.63) is 41.9 Å². The van der Waals surface area contributed by atoms with Crippen molar-refractivity contribution in [2.75, 3.05) is 29.9 Å². The molecule has 1 atom stereocenters. The van der Waals surface area contributed by atoms with E-state index in [1.807, 2.05) is 0 Å². The van der Waals surface area contributed by atoms with Gasteiger partial charge in [-0.2, -0.15) is 18.4 Å². The molecule has 0 aliphatic carbocycles. The standard InChI is InChI=1S/C16H15F3N6/c17-16(18,19)13-3-6-22-15(24-13)25-7-4-11(10-25)9-23-14-12(8-20)2-1-5-21-14/h1-3,5-6,11H,4,7,9-10H2,(H,21,23)/t11-/m0/s1. The second-order valence-electron chi connectivity index (χ2n) is 5.73. The van der Waals surface area contributed by atoms with Crippen molar-refractivity contribution in [3.63, 3.8) is 0 Å². The first-order valence-corrected chi connectivity index (χ1v) is 7.71. The van der Waals surface area contributed by atoms with Crippen molar-refractivity contribution >= 4 is 11.8 Å². The lowest BCUT2D eigenvalue weighted by Gasteiger charge is -2.18. The van der Waals surface area contributed by atoms with Crippen molar-refractivity contribution in [1.29, 1.82) is 5.26 Å². The Labute approximate surface area is 142 Å². The number of nitriles is 1. The fourth-order valence-corrected chi connectivity index (χ4v) is 2.72. The minimum absolute atomic E-state index is 0.0906. The smallest absolute Gasteiger partial charge is 0.369 e. The molecule has 1 aliphatic rings. The van der Waals surface area contributed by atoms with Crippen molar-refractivity contribution in [3.8, 4) is 6.07 Å². The van der Waals surface area contributed by atoms with Crippen LogP contribution in [0, 0.1) is 17.2 Å². The van der Waals surface area contributed by atoms with Gasteiger partial charge in [0.1, 0.15) is 17.6 Å². The lowest BCUT2D eigenvalue weighted by atomic mass is 10.1. The lowest BCUT2D eigenvalue weighted by Crippen LogP contribution is -2.25. The summed E-state index contributed by atoms with van der Waals surface area (Å²) in [6.07, 6.45) is -0.962. The van der Waals surface area contributed by atoms with E-state index in [4.69, 9.17) is 5.26 Å². The Hall–Kier alpha value is -2.89. The van der Waals surface area contributed by atoms with Crippen molar-refractivity contribution in [2.24, 2.45) is 5.92 Å². The maximum atomic E-state index is 12.8. The minimum Gasteiger partial charge on any atom is -0.369 e. The van der Waals surface area contributed by atoms with Gasteiger partial charge in [-0.25, -0.2) is 15.0 Å². The number of hydrogen-bond acceptors (Lipinski definition) is 6. The summed E-state index contributed by atoms with van der Waals surface area (Å²) in [4.78, 5) is 13.4. The first kappa shape index (κ1) is 17.0. The van der Waals surface area contributed by atoms with Gasteiger partial charge < -0.3 is 10.2 Å². The normalized spacial score (nSPS) is 17.4. The van der Waals surface area contributed by atoms with Crippen LogP contribution >= 0.6 is 0 Å². The van der Waals surface area contributed by atoms with Crippen molar-refractivity contribution < 1.29 is 13.2 Å². The van der Waals surface area contributed by atoms with E-state index in [0.29, 0.717) is 31.0 Å². The van der Waals surface area contributed by atoms with Gasteiger partial charge in [0.05, 0.1) is 5.56 Å². The predicted molar refractivity (Wildman–Crippen MR) is 84.8 cm³/mol. The average Bonchev–Trinajstić information content (AvgIpc) is 3.08. The van der Waals surface area contributed by atoms with Crippen molar-refractivity contribution in [2.45, 2.75) is 12.6 Å². The van der Waals surface area contributed by atoms with Gasteiger partial charge in [0.2, 0.25) is 5.95 Å². The number of rotatable bonds is 4. The molecule has 0 saturated carbocycles. The molecule has 1 saturated heterocycles. The maximum Gasteiger partial charge on any atom is 0.433 e. The summed E-state index contributed by atoms with van der Waals surface area (Å²) in [5, 5.41) is 12.2. The van der Waals surface area contributed by atoms with Gasteiger partial charge in [0, 0.05) is 32.0 Å². The SMILES string of the molecule is N#Cc1cccnc1NC[C@@H]1CCN(c2nccc(C(F)(F)F)n2)C1. The van der Waals surface area contributed by atoms with E-state index < -0.39 is 11.9 Å². The molecule has 3 heterocycles. The maximum absolute atomic E-state index is 12.8. The van der Waals surface area contributed by atoms with Gasteiger partial charge in [-0.15, -0.1) is 0 Å². The molecule has 2 aromatic rings. The Morgan fingerprint density at radius 3 is 2.88 bits per heavy atom. The Kier molecular flexibility index (Phi) is 4.70. The van der Waals surface area contributed by atoms with Crippen LogP contribution in [0.1, 0.15) is 17.7 Å². The van der Waals surface area contributed by atoms with Crippen LogP contribution in [0.15, 0.2) is 30.6 Å². The monoisotopic (exact) mass is 348 g/mol. The molecule has 1 fully saturated rings. The number of nitrogens with one attached hydrogen (secondary N) is 1. The minimum atomic E-state index is -4.48. The van der Waals surface area contributed by atoms with Crippen LogP contribution in [0.4, 0.5) is 24.9 Å². The second kappa shape index (κ2) is 6.93. The zero-order valence-corrected chi connectivity index (χ0v) is 13.2. The number of halogens is 3. The van der Waals surface area contributed by atoms with Crippen LogP contribution in [0.3, 0.4) is 0 Å². The molecule has 2 aromatic heterocycles. The topological polar surface area (TPSA) is 77.7 Å². The number of alkyl halides is 3. The molecule has 0 spiro atoms. The van der Waals surface area contributed by atoms with E-state index in [2.05, 4.69) is 26.3 Å². The van der Waals surface area contributed by atoms with E-state index in [-0.39, 0.29) is 11.9 Å². The number of anilines is 2. The molecule has 0 bridgehead atoms. The third-order valence-corrected chi connectivity index (χ3v) is 3.99. The molecule has 1 aliphatic heterocycles. The fourth-order valence-electron chi connectivity index (χ4n) is 2.72. The zero-order valence-electron chi connectivity index (χ0n) is 13.2. The Morgan fingerprint density at radius 1 is 1.28 bits per heavy atom. The van der Waals surface area contributed by atoms with E-state index in [1.54, 1.807) is 23.2 Å². The molecule has 0 amide bonds. The molecule has 1 N–H and O–H groups in total. The van der Waals surface area contributed by atoms with Gasteiger partial charge in [0.25, 0.3) is 0 Å². The van der Waals surface area contributed by atoms with Gasteiger partial charge in [-0.05, 0) is 30.5 Å². The van der Waals surface area contributed by atoms with Crippen LogP contribution in [-0.4, -0.2) is 34.6 Å². The van der Waals surface area contributed by atoms with E-state index in [0.717, 1.165) is 18.7 Å². The molecule has 3 rings (SSSR count). The summed E-state index contributed by atoms with van der Waals surface area (Å²) < 4.78 is 38.3. The van der Waals surface area contributed by atoms with Crippen LogP contribution in [0.25, 0.3) is 0 Å². The number of pyridine rings is 1. The molecule has 6 nitrogen and oxygen atoms in total. The zero-order chi connectivity index (χ0) is 17.9. The summed E-state index contributed by atoms with van der Waals surface area (Å²) >= 11 is 0. The van der Waals surface area contributed by atoms with Gasteiger partial charge in [-0.1, -0.05) is 0 Å². The summed E-state index contributed by atoms with van der Waals surface area (Å²) in [5.41, 5.74) is -0.482. The van der Waals surface area contributed by atoms with Crippen LogP contribution in [0.2, 0.25) is 0 Å². The molecule has 0 unspecified atom stereocenters. The highest BCUT2D eigenvalue weighted by Gasteiger charge is 2.34. The Bertz CT molecular complexity index is 786. The van der Waals surface area contributed by atoms with Gasteiger partial charge in [-0.3, -0.25) is 0 Å². The molecular weight excluding hydrogens is 333 g/mol. The predicted octanol–water partition coefficient (Wildman–Crippen LogP) is 2.70. The Morgan fingerprint density at radius 2 is 2.12 bits per heavy atom. The fraction of sp³-hybridized carbons (Fsp3) is 0.375. The third kappa shape index (κ3) is 3.96. The second-order valence-corrected chi connectivity index (χ2v) is 5.73.